The highest BCUT2D eigenvalue weighted by Gasteiger charge is 2.29. The predicted octanol–water partition coefficient (Wildman–Crippen LogP) is 4.06. The van der Waals surface area contributed by atoms with Crippen molar-refractivity contribution in [2.45, 2.75) is 52.2 Å². The number of amides is 2. The van der Waals surface area contributed by atoms with Gasteiger partial charge in [0, 0.05) is 17.6 Å². The smallest absolute Gasteiger partial charge is 0.318 e. The molecule has 166 valence electrons. The molecule has 0 fully saturated rings. The van der Waals surface area contributed by atoms with Gasteiger partial charge in [0.05, 0.1) is 18.3 Å². The molecule has 0 aliphatic carbocycles. The maximum absolute atomic E-state index is 13.7. The van der Waals surface area contributed by atoms with Gasteiger partial charge >= 0.3 is 6.03 Å². The summed E-state index contributed by atoms with van der Waals surface area (Å²) in [6, 6.07) is 19.7. The average Bonchev–Trinajstić information content (AvgIpc) is 2.76. The zero-order valence-electron chi connectivity index (χ0n) is 19.1. The standard InChI is InChI=1S/C26H30N4O2/c1-18-27-22-17-29(25(32)28-26(2,3)4)16-15-21(22)24(31)30(18)23(19-11-7-5-8-12-19)20-13-9-6-10-14-20/h5-14,23H,15-17H2,1-4H3,(H,28,32). The minimum Gasteiger partial charge on any atom is -0.333 e. The third-order valence-electron chi connectivity index (χ3n) is 5.70. The van der Waals surface area contributed by atoms with Gasteiger partial charge in [-0.05, 0) is 45.2 Å². The minimum absolute atomic E-state index is 0.0268. The van der Waals surface area contributed by atoms with E-state index in [1.807, 2.05) is 88.4 Å². The second-order valence-corrected chi connectivity index (χ2v) is 9.34. The number of carbonyl (C=O) groups is 1. The van der Waals surface area contributed by atoms with E-state index in [1.54, 1.807) is 9.47 Å². The molecule has 0 unspecified atom stereocenters. The van der Waals surface area contributed by atoms with Gasteiger partial charge in [-0.1, -0.05) is 60.7 Å². The summed E-state index contributed by atoms with van der Waals surface area (Å²) < 4.78 is 1.80. The van der Waals surface area contributed by atoms with Crippen molar-refractivity contribution >= 4 is 6.03 Å². The Balaban J connectivity index is 1.76. The molecular weight excluding hydrogens is 400 g/mol. The van der Waals surface area contributed by atoms with Crippen LogP contribution in [0.1, 0.15) is 55.0 Å². The van der Waals surface area contributed by atoms with E-state index in [0.29, 0.717) is 36.6 Å². The summed E-state index contributed by atoms with van der Waals surface area (Å²) in [6.07, 6.45) is 0.495. The van der Waals surface area contributed by atoms with Crippen molar-refractivity contribution in [2.24, 2.45) is 0 Å². The van der Waals surface area contributed by atoms with E-state index in [4.69, 9.17) is 4.98 Å². The van der Waals surface area contributed by atoms with Gasteiger partial charge in [-0.15, -0.1) is 0 Å². The maximum atomic E-state index is 13.7. The van der Waals surface area contributed by atoms with E-state index in [1.165, 1.54) is 0 Å². The molecule has 0 saturated carbocycles. The highest BCUT2D eigenvalue weighted by molar-refractivity contribution is 5.75. The highest BCUT2D eigenvalue weighted by atomic mass is 16.2. The van der Waals surface area contributed by atoms with Crippen LogP contribution >= 0.6 is 0 Å². The van der Waals surface area contributed by atoms with Crippen LogP contribution in [0.2, 0.25) is 0 Å². The summed E-state index contributed by atoms with van der Waals surface area (Å²) in [5.41, 5.74) is 3.12. The van der Waals surface area contributed by atoms with Crippen molar-refractivity contribution in [1.29, 1.82) is 0 Å². The number of fused-ring (bicyclic) bond motifs is 1. The van der Waals surface area contributed by atoms with Crippen LogP contribution in [0.15, 0.2) is 65.5 Å². The minimum atomic E-state index is -0.317. The van der Waals surface area contributed by atoms with Crippen LogP contribution in [0, 0.1) is 6.92 Å². The van der Waals surface area contributed by atoms with Gasteiger partial charge in [0.2, 0.25) is 0 Å². The first-order chi connectivity index (χ1) is 15.2. The van der Waals surface area contributed by atoms with Crippen molar-refractivity contribution in [3.63, 3.8) is 0 Å². The Labute approximate surface area is 188 Å². The molecule has 3 aromatic rings. The number of aryl methyl sites for hydroxylation is 1. The lowest BCUT2D eigenvalue weighted by Gasteiger charge is -2.32. The lowest BCUT2D eigenvalue weighted by Crippen LogP contribution is -2.50. The highest BCUT2D eigenvalue weighted by Crippen LogP contribution is 2.27. The van der Waals surface area contributed by atoms with Crippen molar-refractivity contribution in [2.75, 3.05) is 6.54 Å². The molecule has 0 bridgehead atoms. The number of benzene rings is 2. The van der Waals surface area contributed by atoms with Gasteiger partial charge < -0.3 is 10.2 Å². The summed E-state index contributed by atoms with van der Waals surface area (Å²) in [5.74, 6) is 0.643. The van der Waals surface area contributed by atoms with Gasteiger partial charge in [0.1, 0.15) is 5.82 Å². The van der Waals surface area contributed by atoms with Crippen LogP contribution in [-0.2, 0) is 13.0 Å². The molecular formula is C26H30N4O2. The molecule has 32 heavy (non-hydrogen) atoms. The maximum Gasteiger partial charge on any atom is 0.318 e. The SMILES string of the molecule is Cc1nc2c(c(=O)n1C(c1ccccc1)c1ccccc1)CCN(C(=O)NC(C)(C)C)C2. The van der Waals surface area contributed by atoms with E-state index in [0.717, 1.165) is 11.1 Å². The van der Waals surface area contributed by atoms with Crippen molar-refractivity contribution in [3.8, 4) is 0 Å². The van der Waals surface area contributed by atoms with Crippen LogP contribution in [0.3, 0.4) is 0 Å². The number of nitrogens with one attached hydrogen (secondary N) is 1. The quantitative estimate of drug-likeness (QED) is 0.682. The predicted molar refractivity (Wildman–Crippen MR) is 126 cm³/mol. The summed E-state index contributed by atoms with van der Waals surface area (Å²) in [5, 5.41) is 3.00. The average molecular weight is 431 g/mol. The molecule has 2 heterocycles. The van der Waals surface area contributed by atoms with Crippen LogP contribution < -0.4 is 10.9 Å². The Bertz CT molecular complexity index is 1120. The molecule has 6 nitrogen and oxygen atoms in total. The second-order valence-electron chi connectivity index (χ2n) is 9.34. The van der Waals surface area contributed by atoms with Crippen molar-refractivity contribution < 1.29 is 4.79 Å². The van der Waals surface area contributed by atoms with Gasteiger partial charge in [-0.3, -0.25) is 9.36 Å². The molecule has 1 N–H and O–H groups in total. The van der Waals surface area contributed by atoms with E-state index in [-0.39, 0.29) is 23.2 Å². The fraction of sp³-hybridized carbons (Fsp3) is 0.346. The first-order valence-electron chi connectivity index (χ1n) is 11.0. The van der Waals surface area contributed by atoms with Gasteiger partial charge in [-0.2, -0.15) is 0 Å². The van der Waals surface area contributed by atoms with E-state index in [2.05, 4.69) is 5.32 Å². The Morgan fingerprint density at radius 3 is 2.09 bits per heavy atom. The Morgan fingerprint density at radius 2 is 1.56 bits per heavy atom. The number of hydrogen-bond donors (Lipinski definition) is 1. The molecule has 0 saturated heterocycles. The number of rotatable bonds is 3. The number of nitrogens with zero attached hydrogens (tertiary/aromatic N) is 3. The van der Waals surface area contributed by atoms with Gasteiger partial charge in [-0.25, -0.2) is 9.78 Å². The zero-order chi connectivity index (χ0) is 22.9. The zero-order valence-corrected chi connectivity index (χ0v) is 19.1. The molecule has 0 atom stereocenters. The van der Waals surface area contributed by atoms with E-state index < -0.39 is 0 Å². The summed E-state index contributed by atoms with van der Waals surface area (Å²) in [4.78, 5) is 32.9. The summed E-state index contributed by atoms with van der Waals surface area (Å²) in [7, 11) is 0. The lowest BCUT2D eigenvalue weighted by molar-refractivity contribution is 0.182. The molecule has 1 aliphatic rings. The molecule has 1 aromatic heterocycles. The largest absolute Gasteiger partial charge is 0.333 e. The first-order valence-corrected chi connectivity index (χ1v) is 11.0. The molecule has 4 rings (SSSR count). The van der Waals surface area contributed by atoms with Gasteiger partial charge in [0.25, 0.3) is 5.56 Å². The number of hydrogen-bond acceptors (Lipinski definition) is 3. The second kappa shape index (κ2) is 8.61. The normalized spacial score (nSPS) is 13.7. The molecule has 2 aromatic carbocycles. The number of aromatic nitrogens is 2. The van der Waals surface area contributed by atoms with Crippen LogP contribution in [0.5, 0.6) is 0 Å². The fourth-order valence-electron chi connectivity index (χ4n) is 4.26. The number of urea groups is 1. The third kappa shape index (κ3) is 4.44. The van der Waals surface area contributed by atoms with Crippen molar-refractivity contribution in [3.05, 3.63) is 99.2 Å². The lowest BCUT2D eigenvalue weighted by atomic mass is 9.97. The Hall–Kier alpha value is -3.41. The molecule has 0 spiro atoms. The van der Waals surface area contributed by atoms with Crippen LogP contribution in [-0.4, -0.2) is 32.6 Å². The van der Waals surface area contributed by atoms with Crippen molar-refractivity contribution in [1.82, 2.24) is 19.8 Å². The summed E-state index contributed by atoms with van der Waals surface area (Å²) in [6.45, 7) is 8.58. The molecule has 1 aliphatic heterocycles. The Morgan fingerprint density at radius 1 is 1.00 bits per heavy atom. The fourth-order valence-corrected chi connectivity index (χ4v) is 4.26. The molecule has 0 radical (unpaired) electrons. The Kier molecular flexibility index (Phi) is 5.87. The third-order valence-corrected chi connectivity index (χ3v) is 5.70. The van der Waals surface area contributed by atoms with E-state index in [9.17, 15) is 9.59 Å². The summed E-state index contributed by atoms with van der Waals surface area (Å²) >= 11 is 0. The van der Waals surface area contributed by atoms with Crippen LogP contribution in [0.4, 0.5) is 4.79 Å². The first kappa shape index (κ1) is 21.8. The number of carbonyl (C=O) groups excluding carboxylic acids is 1. The van der Waals surface area contributed by atoms with Crippen LogP contribution in [0.25, 0.3) is 0 Å². The van der Waals surface area contributed by atoms with Gasteiger partial charge in [0.15, 0.2) is 0 Å². The topological polar surface area (TPSA) is 67.2 Å². The molecule has 6 heteroatoms. The molecule has 2 amide bonds. The monoisotopic (exact) mass is 430 g/mol. The van der Waals surface area contributed by atoms with E-state index >= 15 is 0 Å².